The van der Waals surface area contributed by atoms with Crippen molar-refractivity contribution in [2.24, 2.45) is 5.92 Å². The maximum atomic E-state index is 9.32. The molecule has 2 aromatic rings. The van der Waals surface area contributed by atoms with Crippen LogP contribution in [0.5, 0.6) is 0 Å². The molecule has 0 bridgehead atoms. The van der Waals surface area contributed by atoms with E-state index in [1.165, 1.54) is 18.5 Å². The van der Waals surface area contributed by atoms with Crippen LogP contribution in [-0.2, 0) is 6.61 Å². The lowest BCUT2D eigenvalue weighted by Gasteiger charge is -2.21. The molecule has 0 aliphatic heterocycles. The van der Waals surface area contributed by atoms with Gasteiger partial charge < -0.3 is 10.0 Å². The van der Waals surface area contributed by atoms with Crippen molar-refractivity contribution in [3.8, 4) is 0 Å². The van der Waals surface area contributed by atoms with E-state index >= 15 is 0 Å². The van der Waals surface area contributed by atoms with Crippen molar-refractivity contribution in [1.29, 1.82) is 0 Å². The third-order valence-corrected chi connectivity index (χ3v) is 3.55. The number of pyridine rings is 1. The lowest BCUT2D eigenvalue weighted by Crippen LogP contribution is -2.20. The summed E-state index contributed by atoms with van der Waals surface area (Å²) in [6.45, 7) is 1.09. The van der Waals surface area contributed by atoms with Crippen LogP contribution in [0.4, 0.5) is 5.69 Å². The van der Waals surface area contributed by atoms with Crippen LogP contribution >= 0.6 is 0 Å². The van der Waals surface area contributed by atoms with Gasteiger partial charge in [0, 0.05) is 24.7 Å². The second-order valence-corrected chi connectivity index (χ2v) is 5.13. The zero-order valence-electron chi connectivity index (χ0n) is 10.6. The first-order valence-electron chi connectivity index (χ1n) is 6.48. The second kappa shape index (κ2) is 4.58. The lowest BCUT2D eigenvalue weighted by atomic mass is 10.1. The van der Waals surface area contributed by atoms with Crippen LogP contribution in [0.1, 0.15) is 18.5 Å². The monoisotopic (exact) mass is 242 g/mol. The number of aromatic nitrogens is 1. The number of benzene rings is 1. The summed E-state index contributed by atoms with van der Waals surface area (Å²) in [5.41, 5.74) is 2.88. The molecule has 0 saturated heterocycles. The van der Waals surface area contributed by atoms with Gasteiger partial charge in [0.05, 0.1) is 17.8 Å². The van der Waals surface area contributed by atoms with Gasteiger partial charge in [-0.25, -0.2) is 0 Å². The van der Waals surface area contributed by atoms with E-state index in [9.17, 15) is 5.11 Å². The van der Waals surface area contributed by atoms with Gasteiger partial charge in [0.15, 0.2) is 0 Å². The number of fused-ring (bicyclic) bond motifs is 1. The minimum absolute atomic E-state index is 0.00486. The zero-order chi connectivity index (χ0) is 12.5. The molecule has 1 aliphatic rings. The van der Waals surface area contributed by atoms with E-state index in [4.69, 9.17) is 0 Å². The van der Waals surface area contributed by atoms with E-state index < -0.39 is 0 Å². The first-order valence-corrected chi connectivity index (χ1v) is 6.48. The number of rotatable bonds is 4. The molecule has 94 valence electrons. The van der Waals surface area contributed by atoms with Crippen molar-refractivity contribution in [2.75, 3.05) is 18.5 Å². The van der Waals surface area contributed by atoms with Gasteiger partial charge in [-0.1, -0.05) is 18.2 Å². The number of nitrogens with zero attached hydrogens (tertiary/aromatic N) is 2. The standard InChI is InChI=1S/C15H18N2O/c1-17(9-11-6-7-11)15-8-12(10-18)16-14-5-3-2-4-13(14)15/h2-5,8,11,18H,6-7,9-10H2,1H3. The first kappa shape index (κ1) is 11.5. The molecule has 3 rings (SSSR count). The van der Waals surface area contributed by atoms with E-state index in [2.05, 4.69) is 23.0 Å². The third-order valence-electron chi connectivity index (χ3n) is 3.55. The van der Waals surface area contributed by atoms with E-state index in [0.29, 0.717) is 0 Å². The summed E-state index contributed by atoms with van der Waals surface area (Å²) >= 11 is 0. The van der Waals surface area contributed by atoms with E-state index in [-0.39, 0.29) is 6.61 Å². The second-order valence-electron chi connectivity index (χ2n) is 5.13. The van der Waals surface area contributed by atoms with Crippen LogP contribution in [0.15, 0.2) is 30.3 Å². The van der Waals surface area contributed by atoms with E-state index in [0.717, 1.165) is 29.1 Å². The number of aliphatic hydroxyl groups excluding tert-OH is 1. The summed E-state index contributed by atoms with van der Waals surface area (Å²) in [5.74, 6) is 0.847. The Balaban J connectivity index is 2.06. The summed E-state index contributed by atoms with van der Waals surface area (Å²) < 4.78 is 0. The van der Waals surface area contributed by atoms with Gasteiger partial charge >= 0.3 is 0 Å². The van der Waals surface area contributed by atoms with Gasteiger partial charge in [-0.05, 0) is 30.9 Å². The number of hydrogen-bond donors (Lipinski definition) is 1. The Labute approximate surface area is 107 Å². The Morgan fingerprint density at radius 1 is 1.33 bits per heavy atom. The summed E-state index contributed by atoms with van der Waals surface area (Å²) in [5, 5.41) is 10.5. The van der Waals surface area contributed by atoms with Gasteiger partial charge in [0.25, 0.3) is 0 Å². The number of para-hydroxylation sites is 1. The fourth-order valence-corrected chi connectivity index (χ4v) is 2.39. The zero-order valence-corrected chi connectivity index (χ0v) is 10.6. The van der Waals surface area contributed by atoms with Crippen molar-refractivity contribution < 1.29 is 5.11 Å². The Kier molecular flexibility index (Phi) is 2.92. The molecule has 3 nitrogen and oxygen atoms in total. The molecule has 1 heterocycles. The highest BCUT2D eigenvalue weighted by atomic mass is 16.3. The highest BCUT2D eigenvalue weighted by Gasteiger charge is 2.23. The first-order chi connectivity index (χ1) is 8.78. The Hall–Kier alpha value is -1.61. The predicted octanol–water partition coefficient (Wildman–Crippen LogP) is 2.57. The summed E-state index contributed by atoms with van der Waals surface area (Å²) in [6.07, 6.45) is 2.69. The number of hydrogen-bond acceptors (Lipinski definition) is 3. The Morgan fingerprint density at radius 3 is 2.83 bits per heavy atom. The Bertz CT molecular complexity index is 563. The molecule has 1 aliphatic carbocycles. The third kappa shape index (κ3) is 2.18. The van der Waals surface area contributed by atoms with Crippen LogP contribution in [0, 0.1) is 5.92 Å². The van der Waals surface area contributed by atoms with Crippen molar-refractivity contribution in [3.63, 3.8) is 0 Å². The molecule has 3 heteroatoms. The summed E-state index contributed by atoms with van der Waals surface area (Å²) in [7, 11) is 2.13. The molecule has 0 unspecified atom stereocenters. The van der Waals surface area contributed by atoms with Crippen LogP contribution in [-0.4, -0.2) is 23.7 Å². The average Bonchev–Trinajstić information content (AvgIpc) is 3.21. The molecular formula is C15H18N2O. The highest BCUT2D eigenvalue weighted by Crippen LogP contribution is 2.33. The Morgan fingerprint density at radius 2 is 2.11 bits per heavy atom. The highest BCUT2D eigenvalue weighted by molar-refractivity contribution is 5.91. The fourth-order valence-electron chi connectivity index (χ4n) is 2.39. The molecule has 18 heavy (non-hydrogen) atoms. The smallest absolute Gasteiger partial charge is 0.0854 e. The molecule has 0 radical (unpaired) electrons. The van der Waals surface area contributed by atoms with Gasteiger partial charge in [-0.15, -0.1) is 0 Å². The molecule has 1 N–H and O–H groups in total. The van der Waals surface area contributed by atoms with Crippen LogP contribution in [0.3, 0.4) is 0 Å². The molecule has 0 spiro atoms. The fraction of sp³-hybridized carbons (Fsp3) is 0.400. The van der Waals surface area contributed by atoms with E-state index in [1.807, 2.05) is 24.3 Å². The quantitative estimate of drug-likeness (QED) is 0.895. The predicted molar refractivity (Wildman–Crippen MR) is 73.7 cm³/mol. The SMILES string of the molecule is CN(CC1CC1)c1cc(CO)nc2ccccc12. The van der Waals surface area contributed by atoms with Crippen LogP contribution in [0.2, 0.25) is 0 Å². The van der Waals surface area contributed by atoms with Gasteiger partial charge in [0.2, 0.25) is 0 Å². The van der Waals surface area contributed by atoms with Gasteiger partial charge in [0.1, 0.15) is 0 Å². The molecule has 0 atom stereocenters. The maximum Gasteiger partial charge on any atom is 0.0854 e. The minimum atomic E-state index is -0.00486. The summed E-state index contributed by atoms with van der Waals surface area (Å²) in [6, 6.07) is 10.1. The van der Waals surface area contributed by atoms with Crippen molar-refractivity contribution in [2.45, 2.75) is 19.4 Å². The number of anilines is 1. The lowest BCUT2D eigenvalue weighted by molar-refractivity contribution is 0.277. The molecule has 1 aromatic carbocycles. The molecular weight excluding hydrogens is 224 g/mol. The molecule has 1 aromatic heterocycles. The number of aliphatic hydroxyl groups is 1. The minimum Gasteiger partial charge on any atom is -0.390 e. The van der Waals surface area contributed by atoms with Crippen molar-refractivity contribution in [1.82, 2.24) is 4.98 Å². The molecule has 0 amide bonds. The topological polar surface area (TPSA) is 36.4 Å². The summed E-state index contributed by atoms with van der Waals surface area (Å²) in [4.78, 5) is 6.75. The normalized spacial score (nSPS) is 15.0. The molecule has 1 saturated carbocycles. The van der Waals surface area contributed by atoms with Gasteiger partial charge in [-0.2, -0.15) is 0 Å². The molecule has 1 fully saturated rings. The van der Waals surface area contributed by atoms with Crippen LogP contribution < -0.4 is 4.90 Å². The van der Waals surface area contributed by atoms with E-state index in [1.54, 1.807) is 0 Å². The van der Waals surface area contributed by atoms with Crippen LogP contribution in [0.25, 0.3) is 10.9 Å². The van der Waals surface area contributed by atoms with Crippen molar-refractivity contribution >= 4 is 16.6 Å². The van der Waals surface area contributed by atoms with Crippen molar-refractivity contribution in [3.05, 3.63) is 36.0 Å². The maximum absolute atomic E-state index is 9.32. The van der Waals surface area contributed by atoms with Gasteiger partial charge in [-0.3, -0.25) is 4.98 Å². The largest absolute Gasteiger partial charge is 0.390 e. The average molecular weight is 242 g/mol.